The molecule has 90 valence electrons. The van der Waals surface area contributed by atoms with Crippen LogP contribution in [0.5, 0.6) is 0 Å². The smallest absolute Gasteiger partial charge is 0.169 e. The molecule has 2 heteroatoms. The van der Waals surface area contributed by atoms with Gasteiger partial charge in [0.2, 0.25) is 0 Å². The second kappa shape index (κ2) is 4.65. The maximum atomic E-state index is 3.32. The Morgan fingerprint density at radius 3 is 2.67 bits per heavy atom. The van der Waals surface area contributed by atoms with Crippen molar-refractivity contribution in [1.29, 1.82) is 0 Å². The number of fused-ring (bicyclic) bond motifs is 1. The number of nitrogens with zero attached hydrogens (tertiary/aromatic N) is 1. The van der Waals surface area contributed by atoms with Crippen molar-refractivity contribution in [2.45, 2.75) is 19.9 Å². The zero-order chi connectivity index (χ0) is 12.4. The second-order valence-corrected chi connectivity index (χ2v) is 4.72. The Morgan fingerprint density at radius 1 is 1.06 bits per heavy atom. The molecule has 0 unspecified atom stereocenters. The summed E-state index contributed by atoms with van der Waals surface area (Å²) < 4.78 is 2.23. The number of hydrogen-bond acceptors (Lipinski definition) is 0. The molecule has 0 aliphatic carbocycles. The molecule has 0 bridgehead atoms. The third-order valence-corrected chi connectivity index (χ3v) is 3.37. The number of aryl methyl sites for hydroxylation is 3. The summed E-state index contributed by atoms with van der Waals surface area (Å²) in [5, 5.41) is 1.34. The van der Waals surface area contributed by atoms with Crippen LogP contribution in [-0.2, 0) is 13.0 Å². The number of aromatic nitrogens is 2. The highest BCUT2D eigenvalue weighted by Crippen LogP contribution is 2.17. The first-order chi connectivity index (χ1) is 8.83. The van der Waals surface area contributed by atoms with E-state index in [1.165, 1.54) is 22.0 Å². The van der Waals surface area contributed by atoms with Gasteiger partial charge in [0, 0.05) is 35.7 Å². The number of benzene rings is 1. The Labute approximate surface area is 107 Å². The highest BCUT2D eigenvalue weighted by atomic mass is 14.9. The predicted octanol–water partition coefficient (Wildman–Crippen LogP) is 3.01. The highest BCUT2D eigenvalue weighted by Gasteiger charge is 2.05. The molecule has 0 atom stereocenters. The molecule has 0 saturated carbocycles. The van der Waals surface area contributed by atoms with Crippen LogP contribution in [0.4, 0.5) is 0 Å². The molecule has 3 rings (SSSR count). The van der Waals surface area contributed by atoms with Gasteiger partial charge in [0.25, 0.3) is 0 Å². The van der Waals surface area contributed by atoms with Crippen molar-refractivity contribution >= 4 is 10.9 Å². The van der Waals surface area contributed by atoms with Crippen LogP contribution in [0.3, 0.4) is 0 Å². The quantitative estimate of drug-likeness (QED) is 0.676. The minimum Gasteiger partial charge on any atom is -0.361 e. The molecule has 1 aromatic carbocycles. The summed E-state index contributed by atoms with van der Waals surface area (Å²) in [5.41, 5.74) is 3.92. The average molecular weight is 237 g/mol. The Hall–Kier alpha value is -2.09. The molecule has 2 nitrogen and oxygen atoms in total. The van der Waals surface area contributed by atoms with Crippen molar-refractivity contribution in [2.24, 2.45) is 0 Å². The number of H-pyrrole nitrogens is 1. The molecular formula is C16H17N2+. The standard InChI is InChI=1S/C16H17N2/c1-13-6-9-18(10-7-13)11-8-14-12-17-16-5-3-2-4-15(14)16/h2-7,9-10,12,17H,8,11H2,1H3/q+1. The summed E-state index contributed by atoms with van der Waals surface area (Å²) in [5.74, 6) is 0. The monoisotopic (exact) mass is 237 g/mol. The highest BCUT2D eigenvalue weighted by molar-refractivity contribution is 5.82. The van der Waals surface area contributed by atoms with E-state index < -0.39 is 0 Å². The first kappa shape index (κ1) is 11.0. The fourth-order valence-electron chi connectivity index (χ4n) is 2.27. The van der Waals surface area contributed by atoms with E-state index in [1.54, 1.807) is 0 Å². The van der Waals surface area contributed by atoms with Crippen LogP contribution in [0.1, 0.15) is 11.1 Å². The molecule has 0 aliphatic rings. The number of nitrogens with one attached hydrogen (secondary N) is 1. The largest absolute Gasteiger partial charge is 0.361 e. The van der Waals surface area contributed by atoms with Crippen LogP contribution in [-0.4, -0.2) is 4.98 Å². The van der Waals surface area contributed by atoms with Gasteiger partial charge in [0.05, 0.1) is 0 Å². The van der Waals surface area contributed by atoms with Gasteiger partial charge in [-0.2, -0.15) is 0 Å². The summed E-state index contributed by atoms with van der Waals surface area (Å²) in [7, 11) is 0. The van der Waals surface area contributed by atoms with Crippen molar-refractivity contribution in [1.82, 2.24) is 4.98 Å². The van der Waals surface area contributed by atoms with Gasteiger partial charge in [-0.3, -0.25) is 0 Å². The van der Waals surface area contributed by atoms with Crippen LogP contribution < -0.4 is 4.57 Å². The van der Waals surface area contributed by atoms with E-state index >= 15 is 0 Å². The van der Waals surface area contributed by atoms with Gasteiger partial charge in [0.1, 0.15) is 0 Å². The van der Waals surface area contributed by atoms with E-state index in [1.807, 2.05) is 0 Å². The van der Waals surface area contributed by atoms with Crippen molar-refractivity contribution in [3.8, 4) is 0 Å². The summed E-state index contributed by atoms with van der Waals surface area (Å²) in [6, 6.07) is 12.8. The summed E-state index contributed by atoms with van der Waals surface area (Å²) in [6.07, 6.45) is 7.46. The molecule has 1 N–H and O–H groups in total. The molecular weight excluding hydrogens is 220 g/mol. The minimum atomic E-state index is 1.02. The molecule has 0 fully saturated rings. The maximum Gasteiger partial charge on any atom is 0.169 e. The minimum absolute atomic E-state index is 1.02. The Bertz CT molecular complexity index is 650. The molecule has 2 heterocycles. The molecule has 18 heavy (non-hydrogen) atoms. The number of pyridine rings is 1. The van der Waals surface area contributed by atoms with Gasteiger partial charge in [0.15, 0.2) is 18.9 Å². The van der Waals surface area contributed by atoms with Crippen molar-refractivity contribution in [3.63, 3.8) is 0 Å². The fraction of sp³-hybridized carbons (Fsp3) is 0.188. The van der Waals surface area contributed by atoms with Crippen LogP contribution in [0.15, 0.2) is 55.0 Å². The molecule has 0 spiro atoms. The number of aromatic amines is 1. The molecule has 0 saturated heterocycles. The Kier molecular flexibility index (Phi) is 2.85. The normalized spacial score (nSPS) is 10.9. The van der Waals surface area contributed by atoms with E-state index in [2.05, 4.69) is 71.5 Å². The average Bonchev–Trinajstić information content (AvgIpc) is 2.82. The van der Waals surface area contributed by atoms with E-state index in [-0.39, 0.29) is 0 Å². The fourth-order valence-corrected chi connectivity index (χ4v) is 2.27. The van der Waals surface area contributed by atoms with Crippen molar-refractivity contribution in [2.75, 3.05) is 0 Å². The van der Waals surface area contributed by atoms with Gasteiger partial charge < -0.3 is 4.98 Å². The maximum absolute atomic E-state index is 3.32. The van der Waals surface area contributed by atoms with Crippen LogP contribution in [0.2, 0.25) is 0 Å². The molecule has 2 aromatic heterocycles. The first-order valence-corrected chi connectivity index (χ1v) is 6.33. The first-order valence-electron chi connectivity index (χ1n) is 6.33. The van der Waals surface area contributed by atoms with E-state index in [0.29, 0.717) is 0 Å². The van der Waals surface area contributed by atoms with E-state index in [0.717, 1.165) is 13.0 Å². The summed E-state index contributed by atoms with van der Waals surface area (Å²) >= 11 is 0. The van der Waals surface area contributed by atoms with Gasteiger partial charge >= 0.3 is 0 Å². The van der Waals surface area contributed by atoms with Crippen molar-refractivity contribution in [3.05, 3.63) is 66.1 Å². The van der Waals surface area contributed by atoms with Gasteiger partial charge in [-0.1, -0.05) is 18.2 Å². The Balaban J connectivity index is 1.79. The molecule has 0 radical (unpaired) electrons. The zero-order valence-corrected chi connectivity index (χ0v) is 10.6. The number of hydrogen-bond donors (Lipinski definition) is 1. The molecule has 3 aromatic rings. The second-order valence-electron chi connectivity index (χ2n) is 4.72. The van der Waals surface area contributed by atoms with Gasteiger partial charge in [-0.25, -0.2) is 4.57 Å². The van der Waals surface area contributed by atoms with Crippen LogP contribution in [0.25, 0.3) is 10.9 Å². The number of rotatable bonds is 3. The van der Waals surface area contributed by atoms with Gasteiger partial charge in [-0.15, -0.1) is 0 Å². The zero-order valence-electron chi connectivity index (χ0n) is 10.6. The van der Waals surface area contributed by atoms with Crippen LogP contribution >= 0.6 is 0 Å². The van der Waals surface area contributed by atoms with E-state index in [4.69, 9.17) is 0 Å². The molecule has 0 aliphatic heterocycles. The third-order valence-electron chi connectivity index (χ3n) is 3.37. The molecule has 0 amide bonds. The van der Waals surface area contributed by atoms with Gasteiger partial charge in [-0.05, 0) is 24.1 Å². The van der Waals surface area contributed by atoms with Crippen LogP contribution in [0, 0.1) is 6.92 Å². The third kappa shape index (κ3) is 2.14. The summed E-state index contributed by atoms with van der Waals surface area (Å²) in [4.78, 5) is 3.32. The lowest BCUT2D eigenvalue weighted by molar-refractivity contribution is -0.696. The number of para-hydroxylation sites is 1. The van der Waals surface area contributed by atoms with E-state index in [9.17, 15) is 0 Å². The lowest BCUT2D eigenvalue weighted by Gasteiger charge is -1.98. The lowest BCUT2D eigenvalue weighted by atomic mass is 10.1. The lowest BCUT2D eigenvalue weighted by Crippen LogP contribution is -2.33. The SMILES string of the molecule is Cc1cc[n+](CCc2c[nH]c3ccccc23)cc1. The summed E-state index contributed by atoms with van der Waals surface area (Å²) in [6.45, 7) is 3.13. The van der Waals surface area contributed by atoms with Crippen molar-refractivity contribution < 1.29 is 4.57 Å². The Morgan fingerprint density at radius 2 is 1.83 bits per heavy atom. The topological polar surface area (TPSA) is 19.7 Å². The predicted molar refractivity (Wildman–Crippen MR) is 73.4 cm³/mol.